The molecule has 5 heteroatoms. The molecule has 2 rings (SSSR count). The molecule has 1 heterocycles. The Bertz CT molecular complexity index is 601. The standard InChI is InChI=1S/C13H10F2N2S/c1-2-8(6-16)13-17-12(7-18-13)10-5-9(14)3-4-11(10)15/h3-5,7-8H,2H2,1H3. The third-order valence-electron chi connectivity index (χ3n) is 2.59. The molecule has 0 spiro atoms. The molecule has 0 amide bonds. The van der Waals surface area contributed by atoms with Crippen LogP contribution >= 0.6 is 11.3 Å². The van der Waals surface area contributed by atoms with E-state index in [1.54, 1.807) is 5.38 Å². The van der Waals surface area contributed by atoms with Gasteiger partial charge in [0, 0.05) is 10.9 Å². The smallest absolute Gasteiger partial charge is 0.132 e. The van der Waals surface area contributed by atoms with Crippen LogP contribution in [-0.2, 0) is 0 Å². The van der Waals surface area contributed by atoms with Crippen LogP contribution in [0.3, 0.4) is 0 Å². The zero-order chi connectivity index (χ0) is 13.1. The highest BCUT2D eigenvalue weighted by molar-refractivity contribution is 7.10. The van der Waals surface area contributed by atoms with E-state index in [0.29, 0.717) is 17.1 Å². The second kappa shape index (κ2) is 5.23. The topological polar surface area (TPSA) is 36.7 Å². The Hall–Kier alpha value is -1.80. The van der Waals surface area contributed by atoms with E-state index in [4.69, 9.17) is 5.26 Å². The van der Waals surface area contributed by atoms with Crippen LogP contribution in [0.5, 0.6) is 0 Å². The number of aromatic nitrogens is 1. The molecule has 0 aliphatic heterocycles. The van der Waals surface area contributed by atoms with Gasteiger partial charge in [-0.1, -0.05) is 6.92 Å². The number of halogens is 2. The molecule has 1 unspecified atom stereocenters. The predicted octanol–water partition coefficient (Wildman–Crippen LogP) is 4.11. The summed E-state index contributed by atoms with van der Waals surface area (Å²) in [6.45, 7) is 1.89. The number of nitriles is 1. The highest BCUT2D eigenvalue weighted by Gasteiger charge is 2.15. The molecule has 1 atom stereocenters. The molecule has 1 aromatic heterocycles. The summed E-state index contributed by atoms with van der Waals surface area (Å²) in [5.74, 6) is -1.31. The lowest BCUT2D eigenvalue weighted by Gasteiger charge is -2.01. The van der Waals surface area contributed by atoms with Crippen molar-refractivity contribution < 1.29 is 8.78 Å². The van der Waals surface area contributed by atoms with Crippen LogP contribution in [-0.4, -0.2) is 4.98 Å². The van der Waals surface area contributed by atoms with Crippen LogP contribution in [0.1, 0.15) is 24.3 Å². The van der Waals surface area contributed by atoms with Gasteiger partial charge in [0.2, 0.25) is 0 Å². The highest BCUT2D eigenvalue weighted by Crippen LogP contribution is 2.29. The van der Waals surface area contributed by atoms with Gasteiger partial charge in [0.1, 0.15) is 16.6 Å². The summed E-state index contributed by atoms with van der Waals surface area (Å²) >= 11 is 1.29. The van der Waals surface area contributed by atoms with Crippen molar-refractivity contribution in [2.45, 2.75) is 19.3 Å². The molecule has 2 aromatic rings. The second-order valence-corrected chi connectivity index (χ2v) is 4.67. The van der Waals surface area contributed by atoms with Crippen LogP contribution in [0.25, 0.3) is 11.3 Å². The number of hydrogen-bond donors (Lipinski definition) is 0. The lowest BCUT2D eigenvalue weighted by atomic mass is 10.1. The van der Waals surface area contributed by atoms with Crippen molar-refractivity contribution in [2.75, 3.05) is 0 Å². The van der Waals surface area contributed by atoms with Crippen molar-refractivity contribution in [3.05, 3.63) is 40.2 Å². The monoisotopic (exact) mass is 264 g/mol. The fourth-order valence-electron chi connectivity index (χ4n) is 1.59. The molecule has 0 saturated heterocycles. The Morgan fingerprint density at radius 2 is 2.22 bits per heavy atom. The Balaban J connectivity index is 2.41. The second-order valence-electron chi connectivity index (χ2n) is 3.79. The van der Waals surface area contributed by atoms with E-state index >= 15 is 0 Å². The molecule has 0 radical (unpaired) electrons. The van der Waals surface area contributed by atoms with Gasteiger partial charge in [-0.05, 0) is 24.6 Å². The van der Waals surface area contributed by atoms with E-state index in [2.05, 4.69) is 11.1 Å². The van der Waals surface area contributed by atoms with Crippen molar-refractivity contribution in [2.24, 2.45) is 0 Å². The van der Waals surface area contributed by atoms with E-state index in [1.807, 2.05) is 6.92 Å². The molecule has 1 aromatic carbocycles. The number of nitrogens with zero attached hydrogens (tertiary/aromatic N) is 2. The Kier molecular flexibility index (Phi) is 3.68. The van der Waals surface area contributed by atoms with E-state index in [1.165, 1.54) is 11.3 Å². The third kappa shape index (κ3) is 2.39. The molecule has 92 valence electrons. The SMILES string of the molecule is CCC(C#N)c1nc(-c2cc(F)ccc2F)cs1. The zero-order valence-electron chi connectivity index (χ0n) is 9.65. The van der Waals surface area contributed by atoms with Gasteiger partial charge in [0.25, 0.3) is 0 Å². The van der Waals surface area contributed by atoms with Crippen molar-refractivity contribution in [3.63, 3.8) is 0 Å². The van der Waals surface area contributed by atoms with Gasteiger partial charge in [-0.3, -0.25) is 0 Å². The molecule has 2 nitrogen and oxygen atoms in total. The highest BCUT2D eigenvalue weighted by atomic mass is 32.1. The van der Waals surface area contributed by atoms with Crippen LogP contribution in [0, 0.1) is 23.0 Å². The van der Waals surface area contributed by atoms with E-state index < -0.39 is 11.6 Å². The fourth-order valence-corrected chi connectivity index (χ4v) is 2.53. The Morgan fingerprint density at radius 3 is 2.89 bits per heavy atom. The molecular weight excluding hydrogens is 254 g/mol. The third-order valence-corrected chi connectivity index (χ3v) is 3.55. The minimum Gasteiger partial charge on any atom is -0.240 e. The van der Waals surface area contributed by atoms with Crippen LogP contribution in [0.15, 0.2) is 23.6 Å². The average molecular weight is 264 g/mol. The van der Waals surface area contributed by atoms with Crippen LogP contribution in [0.4, 0.5) is 8.78 Å². The molecule has 0 N–H and O–H groups in total. The largest absolute Gasteiger partial charge is 0.240 e. The minimum atomic E-state index is -0.516. The maximum atomic E-state index is 13.6. The van der Waals surface area contributed by atoms with Gasteiger partial charge < -0.3 is 0 Å². The first kappa shape index (κ1) is 12.7. The Morgan fingerprint density at radius 1 is 1.44 bits per heavy atom. The fraction of sp³-hybridized carbons (Fsp3) is 0.231. The first-order valence-electron chi connectivity index (χ1n) is 5.46. The van der Waals surface area contributed by atoms with E-state index in [0.717, 1.165) is 18.2 Å². The van der Waals surface area contributed by atoms with Gasteiger partial charge >= 0.3 is 0 Å². The molecule has 0 fully saturated rings. The molecule has 0 saturated carbocycles. The predicted molar refractivity (Wildman–Crippen MR) is 66.1 cm³/mol. The first-order valence-corrected chi connectivity index (χ1v) is 6.34. The van der Waals surface area contributed by atoms with E-state index in [9.17, 15) is 8.78 Å². The Labute approximate surface area is 108 Å². The molecule has 0 aliphatic rings. The molecule has 0 bridgehead atoms. The van der Waals surface area contributed by atoms with Gasteiger partial charge in [-0.25, -0.2) is 13.8 Å². The number of hydrogen-bond acceptors (Lipinski definition) is 3. The number of rotatable bonds is 3. The molecule has 0 aliphatic carbocycles. The van der Waals surface area contributed by atoms with Gasteiger partial charge in [-0.2, -0.15) is 5.26 Å². The van der Waals surface area contributed by atoms with Crippen molar-refractivity contribution >= 4 is 11.3 Å². The van der Waals surface area contributed by atoms with Crippen LogP contribution in [0.2, 0.25) is 0 Å². The number of thiazole rings is 1. The normalized spacial score (nSPS) is 12.1. The lowest BCUT2D eigenvalue weighted by Crippen LogP contribution is -1.93. The molecular formula is C13H10F2N2S. The van der Waals surface area contributed by atoms with Crippen LogP contribution < -0.4 is 0 Å². The summed E-state index contributed by atoms with van der Waals surface area (Å²) in [6, 6.07) is 5.39. The van der Waals surface area contributed by atoms with Gasteiger partial charge in [-0.15, -0.1) is 11.3 Å². The quantitative estimate of drug-likeness (QED) is 0.836. The maximum absolute atomic E-state index is 13.6. The first-order chi connectivity index (χ1) is 8.65. The van der Waals surface area contributed by atoms with Crippen molar-refractivity contribution in [3.8, 4) is 17.3 Å². The zero-order valence-corrected chi connectivity index (χ0v) is 10.5. The van der Waals surface area contributed by atoms with Crippen molar-refractivity contribution in [1.29, 1.82) is 5.26 Å². The minimum absolute atomic E-state index is 0.130. The van der Waals surface area contributed by atoms with E-state index in [-0.39, 0.29) is 11.5 Å². The summed E-state index contributed by atoms with van der Waals surface area (Å²) in [6.07, 6.45) is 0.648. The van der Waals surface area contributed by atoms with Crippen molar-refractivity contribution in [1.82, 2.24) is 4.98 Å². The van der Waals surface area contributed by atoms with Gasteiger partial charge in [0.15, 0.2) is 0 Å². The molecule has 18 heavy (non-hydrogen) atoms. The average Bonchev–Trinajstić information content (AvgIpc) is 2.83. The summed E-state index contributed by atoms with van der Waals surface area (Å²) < 4.78 is 26.6. The number of benzene rings is 1. The van der Waals surface area contributed by atoms with Gasteiger partial charge in [0.05, 0.1) is 17.7 Å². The summed E-state index contributed by atoms with van der Waals surface area (Å²) in [4.78, 5) is 4.21. The summed E-state index contributed by atoms with van der Waals surface area (Å²) in [5, 5.41) is 11.2. The summed E-state index contributed by atoms with van der Waals surface area (Å²) in [5.41, 5.74) is 0.506. The lowest BCUT2D eigenvalue weighted by molar-refractivity contribution is 0.602. The maximum Gasteiger partial charge on any atom is 0.132 e. The summed E-state index contributed by atoms with van der Waals surface area (Å²) in [7, 11) is 0.